The van der Waals surface area contributed by atoms with Gasteiger partial charge in [-0.25, -0.2) is 0 Å². The molecule has 1 aromatic carbocycles. The molecule has 0 fully saturated rings. The zero-order valence-corrected chi connectivity index (χ0v) is 10.7. The normalized spacial score (nSPS) is 15.9. The van der Waals surface area contributed by atoms with E-state index in [0.29, 0.717) is 13.0 Å². The number of fused-ring (bicyclic) bond motifs is 1. The Hall–Kier alpha value is -1.39. The van der Waals surface area contributed by atoms with Crippen LogP contribution in [0.15, 0.2) is 18.2 Å². The third-order valence-electron chi connectivity index (χ3n) is 3.35. The highest BCUT2D eigenvalue weighted by molar-refractivity contribution is 5.96. The van der Waals surface area contributed by atoms with Crippen molar-refractivity contribution in [3.05, 3.63) is 34.9 Å². The zero-order chi connectivity index (χ0) is 13.0. The lowest BCUT2D eigenvalue weighted by Crippen LogP contribution is -2.33. The maximum absolute atomic E-state index is 12.1. The number of aliphatic hydroxyl groups is 1. The van der Waals surface area contributed by atoms with Gasteiger partial charge in [0.15, 0.2) is 0 Å². The molecule has 0 aromatic heterocycles. The number of nitrogens with one attached hydrogen (secondary N) is 2. The zero-order valence-electron chi connectivity index (χ0n) is 10.7. The van der Waals surface area contributed by atoms with Crippen LogP contribution in [0.5, 0.6) is 0 Å². The lowest BCUT2D eigenvalue weighted by Gasteiger charge is -2.20. The van der Waals surface area contributed by atoms with Crippen LogP contribution in [0.25, 0.3) is 0 Å². The van der Waals surface area contributed by atoms with Crippen LogP contribution in [0.4, 0.5) is 0 Å². The Morgan fingerprint density at radius 2 is 2.39 bits per heavy atom. The highest BCUT2D eigenvalue weighted by atomic mass is 16.3. The van der Waals surface area contributed by atoms with Gasteiger partial charge in [0.1, 0.15) is 0 Å². The fourth-order valence-electron chi connectivity index (χ4n) is 2.19. The summed E-state index contributed by atoms with van der Waals surface area (Å²) >= 11 is 0. The first-order valence-electron chi connectivity index (χ1n) is 6.50. The summed E-state index contributed by atoms with van der Waals surface area (Å²) < 4.78 is 0. The topological polar surface area (TPSA) is 61.4 Å². The molecular formula is C14H20N2O2. The maximum atomic E-state index is 12.1. The first-order chi connectivity index (χ1) is 8.72. The number of carbonyl (C=O) groups excluding carboxylic acids is 1. The predicted molar refractivity (Wildman–Crippen MR) is 70.5 cm³/mol. The minimum atomic E-state index is -0.463. The number of hydrogen-bond acceptors (Lipinski definition) is 3. The van der Waals surface area contributed by atoms with Crippen LogP contribution >= 0.6 is 0 Å². The van der Waals surface area contributed by atoms with E-state index in [-0.39, 0.29) is 5.91 Å². The number of amides is 1. The summed E-state index contributed by atoms with van der Waals surface area (Å²) in [5, 5.41) is 15.6. The molecule has 0 aliphatic carbocycles. The summed E-state index contributed by atoms with van der Waals surface area (Å²) in [6.45, 7) is 3.95. The molecule has 1 aromatic rings. The fraction of sp³-hybridized carbons (Fsp3) is 0.500. The van der Waals surface area contributed by atoms with Gasteiger partial charge in [-0.15, -0.1) is 0 Å². The van der Waals surface area contributed by atoms with Crippen molar-refractivity contribution in [1.29, 1.82) is 0 Å². The van der Waals surface area contributed by atoms with Crippen molar-refractivity contribution >= 4 is 5.91 Å². The molecule has 0 bridgehead atoms. The standard InChI is InChI=1S/C14H20N2O2/c1-2-11(17)9-16-14(18)13-5-3-4-10-8-15-7-6-12(10)13/h3-5,11,15,17H,2,6-9H2,1H3,(H,16,18). The molecule has 1 aliphatic heterocycles. The average Bonchev–Trinajstić information content (AvgIpc) is 2.43. The highest BCUT2D eigenvalue weighted by Crippen LogP contribution is 2.18. The van der Waals surface area contributed by atoms with E-state index in [1.165, 1.54) is 5.56 Å². The Bertz CT molecular complexity index is 432. The van der Waals surface area contributed by atoms with Crippen molar-refractivity contribution in [2.45, 2.75) is 32.4 Å². The number of rotatable bonds is 4. The van der Waals surface area contributed by atoms with E-state index in [1.54, 1.807) is 0 Å². The molecule has 0 saturated heterocycles. The van der Waals surface area contributed by atoms with Crippen molar-refractivity contribution in [1.82, 2.24) is 10.6 Å². The molecule has 1 amide bonds. The average molecular weight is 248 g/mol. The van der Waals surface area contributed by atoms with Crippen molar-refractivity contribution in [3.8, 4) is 0 Å². The van der Waals surface area contributed by atoms with E-state index >= 15 is 0 Å². The summed E-state index contributed by atoms with van der Waals surface area (Å²) in [7, 11) is 0. The van der Waals surface area contributed by atoms with E-state index in [1.807, 2.05) is 19.1 Å². The molecular weight excluding hydrogens is 228 g/mol. The molecule has 98 valence electrons. The van der Waals surface area contributed by atoms with Crippen LogP contribution in [0.2, 0.25) is 0 Å². The van der Waals surface area contributed by atoms with Crippen molar-refractivity contribution in [2.75, 3.05) is 13.1 Å². The monoisotopic (exact) mass is 248 g/mol. The Labute approximate surface area is 107 Å². The van der Waals surface area contributed by atoms with E-state index in [4.69, 9.17) is 0 Å². The van der Waals surface area contributed by atoms with E-state index < -0.39 is 6.10 Å². The minimum absolute atomic E-state index is 0.0822. The molecule has 0 saturated carbocycles. The number of benzene rings is 1. The second kappa shape index (κ2) is 5.98. The van der Waals surface area contributed by atoms with Gasteiger partial charge in [-0.2, -0.15) is 0 Å². The lowest BCUT2D eigenvalue weighted by molar-refractivity contribution is 0.0912. The Balaban J connectivity index is 2.10. The molecule has 1 aliphatic rings. The summed E-state index contributed by atoms with van der Waals surface area (Å²) in [5.74, 6) is -0.0822. The number of carbonyl (C=O) groups is 1. The minimum Gasteiger partial charge on any atom is -0.391 e. The summed E-state index contributed by atoms with van der Waals surface area (Å²) in [6, 6.07) is 5.83. The molecule has 3 N–H and O–H groups in total. The molecule has 2 rings (SSSR count). The smallest absolute Gasteiger partial charge is 0.251 e. The van der Waals surface area contributed by atoms with Gasteiger partial charge < -0.3 is 15.7 Å². The summed E-state index contributed by atoms with van der Waals surface area (Å²) in [5.41, 5.74) is 3.09. The van der Waals surface area contributed by atoms with Crippen LogP contribution in [0.3, 0.4) is 0 Å². The molecule has 18 heavy (non-hydrogen) atoms. The molecule has 0 spiro atoms. The first kappa shape index (κ1) is 13.1. The van der Waals surface area contributed by atoms with Crippen molar-refractivity contribution in [2.24, 2.45) is 0 Å². The maximum Gasteiger partial charge on any atom is 0.251 e. The third kappa shape index (κ3) is 2.89. The molecule has 4 heteroatoms. The Morgan fingerprint density at radius 3 is 3.17 bits per heavy atom. The number of hydrogen-bond donors (Lipinski definition) is 3. The predicted octanol–water partition coefficient (Wildman–Crippen LogP) is 0.833. The van der Waals surface area contributed by atoms with Crippen LogP contribution in [0.1, 0.15) is 34.8 Å². The molecule has 1 atom stereocenters. The molecule has 1 heterocycles. The molecule has 1 unspecified atom stereocenters. The van der Waals surface area contributed by atoms with Crippen LogP contribution < -0.4 is 10.6 Å². The van der Waals surface area contributed by atoms with Crippen LogP contribution in [-0.2, 0) is 13.0 Å². The number of aliphatic hydroxyl groups excluding tert-OH is 1. The summed E-state index contributed by atoms with van der Waals surface area (Å²) in [4.78, 5) is 12.1. The van der Waals surface area contributed by atoms with Gasteiger partial charge in [0.2, 0.25) is 0 Å². The van der Waals surface area contributed by atoms with Crippen molar-refractivity contribution < 1.29 is 9.90 Å². The van der Waals surface area contributed by atoms with Crippen LogP contribution in [0, 0.1) is 0 Å². The largest absolute Gasteiger partial charge is 0.391 e. The Morgan fingerprint density at radius 1 is 1.56 bits per heavy atom. The second-order valence-corrected chi connectivity index (χ2v) is 4.64. The first-order valence-corrected chi connectivity index (χ1v) is 6.50. The van der Waals surface area contributed by atoms with Gasteiger partial charge in [0.05, 0.1) is 6.10 Å². The lowest BCUT2D eigenvalue weighted by atomic mass is 9.95. The highest BCUT2D eigenvalue weighted by Gasteiger charge is 2.17. The summed E-state index contributed by atoms with van der Waals surface area (Å²) in [6.07, 6.45) is 1.07. The van der Waals surface area contributed by atoms with Gasteiger partial charge in [-0.05, 0) is 36.6 Å². The fourth-order valence-corrected chi connectivity index (χ4v) is 2.19. The van der Waals surface area contributed by atoms with E-state index in [0.717, 1.165) is 30.6 Å². The van der Waals surface area contributed by atoms with Gasteiger partial charge in [0, 0.05) is 18.7 Å². The van der Waals surface area contributed by atoms with Gasteiger partial charge in [-0.1, -0.05) is 19.1 Å². The quantitative estimate of drug-likeness (QED) is 0.739. The van der Waals surface area contributed by atoms with Gasteiger partial charge in [-0.3, -0.25) is 4.79 Å². The Kier molecular flexibility index (Phi) is 4.33. The third-order valence-corrected chi connectivity index (χ3v) is 3.35. The van der Waals surface area contributed by atoms with E-state index in [2.05, 4.69) is 16.7 Å². The molecule has 4 nitrogen and oxygen atoms in total. The SMILES string of the molecule is CCC(O)CNC(=O)c1cccc2c1CCNC2. The second-order valence-electron chi connectivity index (χ2n) is 4.64. The van der Waals surface area contributed by atoms with Gasteiger partial charge >= 0.3 is 0 Å². The molecule has 0 radical (unpaired) electrons. The van der Waals surface area contributed by atoms with E-state index in [9.17, 15) is 9.90 Å². The van der Waals surface area contributed by atoms with Crippen LogP contribution in [-0.4, -0.2) is 30.2 Å². The van der Waals surface area contributed by atoms with Crippen molar-refractivity contribution in [3.63, 3.8) is 0 Å². The van der Waals surface area contributed by atoms with Gasteiger partial charge in [0.25, 0.3) is 5.91 Å².